The number of halogens is 3. The largest absolute Gasteiger partial charge is 0.478 e. The van der Waals surface area contributed by atoms with Crippen LogP contribution in [0.5, 0.6) is 0 Å². The summed E-state index contributed by atoms with van der Waals surface area (Å²) in [4.78, 5) is 11.5. The van der Waals surface area contributed by atoms with E-state index in [1.165, 1.54) is 36.0 Å². The summed E-state index contributed by atoms with van der Waals surface area (Å²) in [7, 11) is -3.89. The number of carboxylic acids is 1. The first-order chi connectivity index (χ1) is 12.5. The highest BCUT2D eigenvalue weighted by molar-refractivity contribution is 7.99. The molecule has 2 N–H and O–H groups in total. The standard InChI is InChI=1S/C17H16F3NO4S2/c1-11-2-7-14(10-15(11)16(22)23)27(24,25)21-8-9-26-13-5-3-12(4-6-13)17(18,19)20/h2-7,10,21H,8-9H2,1H3,(H,22,23). The number of benzene rings is 2. The third-order valence-corrected chi connectivity index (χ3v) is 6.07. The predicted molar refractivity (Wildman–Crippen MR) is 95.5 cm³/mol. The molecule has 0 heterocycles. The van der Waals surface area contributed by atoms with Gasteiger partial charge in [0.25, 0.3) is 0 Å². The van der Waals surface area contributed by atoms with Gasteiger partial charge in [-0.3, -0.25) is 0 Å². The molecule has 0 unspecified atom stereocenters. The van der Waals surface area contributed by atoms with Crippen LogP contribution >= 0.6 is 11.8 Å². The van der Waals surface area contributed by atoms with Gasteiger partial charge in [0.2, 0.25) is 10.0 Å². The van der Waals surface area contributed by atoms with Crippen LogP contribution in [0.25, 0.3) is 0 Å². The molecule has 0 aliphatic heterocycles. The van der Waals surface area contributed by atoms with Crippen molar-refractivity contribution in [2.24, 2.45) is 0 Å². The highest BCUT2D eigenvalue weighted by Gasteiger charge is 2.29. The van der Waals surface area contributed by atoms with Crippen molar-refractivity contribution in [2.45, 2.75) is 22.9 Å². The number of sulfonamides is 1. The highest BCUT2D eigenvalue weighted by Crippen LogP contribution is 2.30. The van der Waals surface area contributed by atoms with Crippen LogP contribution in [-0.4, -0.2) is 31.8 Å². The van der Waals surface area contributed by atoms with Gasteiger partial charge in [-0.05, 0) is 48.9 Å². The molecule has 27 heavy (non-hydrogen) atoms. The van der Waals surface area contributed by atoms with Gasteiger partial charge in [-0.15, -0.1) is 11.8 Å². The SMILES string of the molecule is Cc1ccc(S(=O)(=O)NCCSc2ccc(C(F)(F)F)cc2)cc1C(=O)O. The Balaban J connectivity index is 1.94. The first-order valence-corrected chi connectivity index (χ1v) is 10.1. The maximum atomic E-state index is 12.5. The van der Waals surface area contributed by atoms with Gasteiger partial charge in [0.15, 0.2) is 0 Å². The maximum absolute atomic E-state index is 12.5. The first-order valence-electron chi connectivity index (χ1n) is 7.64. The van der Waals surface area contributed by atoms with E-state index in [0.717, 1.165) is 18.2 Å². The van der Waals surface area contributed by atoms with Gasteiger partial charge in [-0.2, -0.15) is 13.2 Å². The average molecular weight is 419 g/mol. The van der Waals surface area contributed by atoms with E-state index in [1.807, 2.05) is 0 Å². The predicted octanol–water partition coefficient (Wildman–Crippen LogP) is 3.78. The molecule has 2 aromatic carbocycles. The summed E-state index contributed by atoms with van der Waals surface area (Å²) in [6, 6.07) is 8.38. The lowest BCUT2D eigenvalue weighted by atomic mass is 10.1. The molecule has 0 radical (unpaired) electrons. The molecule has 0 aliphatic carbocycles. The molecular weight excluding hydrogens is 403 g/mol. The molecular formula is C17H16F3NO4S2. The van der Waals surface area contributed by atoms with E-state index in [2.05, 4.69) is 4.72 Å². The first kappa shape index (κ1) is 21.3. The molecule has 0 amide bonds. The Morgan fingerprint density at radius 1 is 1.15 bits per heavy atom. The topological polar surface area (TPSA) is 83.5 Å². The molecule has 10 heteroatoms. The van der Waals surface area contributed by atoms with E-state index in [1.54, 1.807) is 6.92 Å². The van der Waals surface area contributed by atoms with E-state index in [0.29, 0.717) is 16.2 Å². The third kappa shape index (κ3) is 5.72. The molecule has 0 bridgehead atoms. The van der Waals surface area contributed by atoms with Crippen molar-refractivity contribution in [3.05, 3.63) is 59.2 Å². The van der Waals surface area contributed by atoms with Gasteiger partial charge < -0.3 is 5.11 Å². The van der Waals surface area contributed by atoms with Gasteiger partial charge in [0, 0.05) is 17.2 Å². The van der Waals surface area contributed by atoms with Crippen molar-refractivity contribution in [3.63, 3.8) is 0 Å². The van der Waals surface area contributed by atoms with Gasteiger partial charge in [0.1, 0.15) is 0 Å². The number of hydrogen-bond acceptors (Lipinski definition) is 4. The summed E-state index contributed by atoms with van der Waals surface area (Å²) in [5, 5.41) is 9.08. The molecule has 5 nitrogen and oxygen atoms in total. The van der Waals surface area contributed by atoms with Crippen molar-refractivity contribution in [3.8, 4) is 0 Å². The maximum Gasteiger partial charge on any atom is 0.416 e. The number of aryl methyl sites for hydroxylation is 1. The number of carbonyl (C=O) groups is 1. The Kier molecular flexibility index (Phi) is 6.55. The van der Waals surface area contributed by atoms with Crippen LogP contribution in [0.1, 0.15) is 21.5 Å². The quantitative estimate of drug-likeness (QED) is 0.527. The van der Waals surface area contributed by atoms with Crippen molar-refractivity contribution in [2.75, 3.05) is 12.3 Å². The zero-order valence-electron chi connectivity index (χ0n) is 14.1. The lowest BCUT2D eigenvalue weighted by Gasteiger charge is -2.09. The third-order valence-electron chi connectivity index (χ3n) is 3.59. The van der Waals surface area contributed by atoms with Crippen molar-refractivity contribution in [1.29, 1.82) is 0 Å². The fraction of sp³-hybridized carbons (Fsp3) is 0.235. The molecule has 2 rings (SSSR count). The molecule has 0 aromatic heterocycles. The average Bonchev–Trinajstić information content (AvgIpc) is 2.58. The van der Waals surface area contributed by atoms with Gasteiger partial charge in [-0.25, -0.2) is 17.9 Å². The summed E-state index contributed by atoms with van der Waals surface area (Å²) in [5.41, 5.74) is -0.405. The number of alkyl halides is 3. The Bertz CT molecular complexity index is 926. The number of thioether (sulfide) groups is 1. The minimum Gasteiger partial charge on any atom is -0.478 e. The van der Waals surface area contributed by atoms with E-state index < -0.39 is 27.7 Å². The second-order valence-electron chi connectivity index (χ2n) is 5.55. The van der Waals surface area contributed by atoms with Crippen LogP contribution in [0.2, 0.25) is 0 Å². The van der Waals surface area contributed by atoms with E-state index in [4.69, 9.17) is 5.11 Å². The van der Waals surface area contributed by atoms with Crippen LogP contribution < -0.4 is 4.72 Å². The summed E-state index contributed by atoms with van der Waals surface area (Å²) in [6.07, 6.45) is -4.40. The minimum atomic E-state index is -4.40. The summed E-state index contributed by atoms with van der Waals surface area (Å²) < 4.78 is 64.3. The Morgan fingerprint density at radius 2 is 1.78 bits per heavy atom. The van der Waals surface area contributed by atoms with Crippen LogP contribution in [0.4, 0.5) is 13.2 Å². The van der Waals surface area contributed by atoms with Crippen LogP contribution in [0.3, 0.4) is 0 Å². The van der Waals surface area contributed by atoms with Gasteiger partial charge in [-0.1, -0.05) is 6.07 Å². The highest BCUT2D eigenvalue weighted by atomic mass is 32.2. The number of aromatic carboxylic acids is 1. The van der Waals surface area contributed by atoms with Crippen molar-refractivity contribution < 1.29 is 31.5 Å². The molecule has 0 saturated heterocycles. The number of carboxylic acid groups (broad SMARTS) is 1. The summed E-state index contributed by atoms with van der Waals surface area (Å²) in [5.74, 6) is -0.926. The fourth-order valence-corrected chi connectivity index (χ4v) is 4.12. The zero-order valence-corrected chi connectivity index (χ0v) is 15.7. The lowest BCUT2D eigenvalue weighted by molar-refractivity contribution is -0.137. The summed E-state index contributed by atoms with van der Waals surface area (Å²) >= 11 is 1.20. The Morgan fingerprint density at radius 3 is 2.33 bits per heavy atom. The van der Waals surface area contributed by atoms with Gasteiger partial charge >= 0.3 is 12.1 Å². The molecule has 146 valence electrons. The van der Waals surface area contributed by atoms with Crippen LogP contribution in [0, 0.1) is 6.92 Å². The van der Waals surface area contributed by atoms with Crippen molar-refractivity contribution in [1.82, 2.24) is 4.72 Å². The number of nitrogens with one attached hydrogen (secondary N) is 1. The smallest absolute Gasteiger partial charge is 0.416 e. The normalized spacial score (nSPS) is 12.1. The molecule has 2 aromatic rings. The molecule has 0 fully saturated rings. The van der Waals surface area contributed by atoms with E-state index in [-0.39, 0.29) is 17.0 Å². The molecule has 0 atom stereocenters. The second-order valence-corrected chi connectivity index (χ2v) is 8.49. The zero-order chi connectivity index (χ0) is 20.2. The van der Waals surface area contributed by atoms with E-state index >= 15 is 0 Å². The van der Waals surface area contributed by atoms with Crippen LogP contribution in [-0.2, 0) is 16.2 Å². The van der Waals surface area contributed by atoms with Gasteiger partial charge in [0.05, 0.1) is 16.0 Å². The van der Waals surface area contributed by atoms with Crippen LogP contribution in [0.15, 0.2) is 52.3 Å². The monoisotopic (exact) mass is 419 g/mol. The number of rotatable bonds is 7. The number of hydrogen-bond donors (Lipinski definition) is 2. The molecule has 0 aliphatic rings. The minimum absolute atomic E-state index is 0.0320. The molecule has 0 saturated carbocycles. The molecule has 0 spiro atoms. The van der Waals surface area contributed by atoms with Crippen molar-refractivity contribution >= 4 is 27.8 Å². The Hall–Kier alpha value is -2.04. The van der Waals surface area contributed by atoms with E-state index in [9.17, 15) is 26.4 Å². The Labute approximate surface area is 158 Å². The fourth-order valence-electron chi connectivity index (χ4n) is 2.17. The second kappa shape index (κ2) is 8.32. The lowest BCUT2D eigenvalue weighted by Crippen LogP contribution is -2.26. The summed E-state index contributed by atoms with van der Waals surface area (Å²) in [6.45, 7) is 1.60.